The minimum atomic E-state index is 0.946. The molecule has 0 aromatic carbocycles. The van der Waals surface area contributed by atoms with E-state index in [0.717, 1.165) is 18.9 Å². The van der Waals surface area contributed by atoms with Gasteiger partial charge in [0, 0.05) is 26.0 Å². The van der Waals surface area contributed by atoms with Gasteiger partial charge in [0.05, 0.1) is 0 Å². The van der Waals surface area contributed by atoms with Crippen LogP contribution in [0.4, 0.5) is 5.95 Å². The molecule has 0 aliphatic heterocycles. The minimum absolute atomic E-state index is 0.946. The SMILES string of the molecule is CCCN(C)c1ncc[nH]1. The molecule has 0 amide bonds. The summed E-state index contributed by atoms with van der Waals surface area (Å²) in [6.07, 6.45) is 4.75. The van der Waals surface area contributed by atoms with E-state index in [1.807, 2.05) is 13.2 Å². The van der Waals surface area contributed by atoms with Crippen LogP contribution in [0.15, 0.2) is 12.4 Å². The van der Waals surface area contributed by atoms with Gasteiger partial charge >= 0.3 is 0 Å². The highest BCUT2D eigenvalue weighted by atomic mass is 15.2. The van der Waals surface area contributed by atoms with Crippen molar-refractivity contribution >= 4 is 5.95 Å². The highest BCUT2D eigenvalue weighted by molar-refractivity contribution is 5.26. The molecule has 0 atom stereocenters. The first-order chi connectivity index (χ1) is 4.84. The van der Waals surface area contributed by atoms with Crippen molar-refractivity contribution in [3.8, 4) is 0 Å². The first-order valence-corrected chi connectivity index (χ1v) is 3.55. The van der Waals surface area contributed by atoms with Gasteiger partial charge in [0.2, 0.25) is 5.95 Å². The van der Waals surface area contributed by atoms with Crippen molar-refractivity contribution in [2.45, 2.75) is 13.3 Å². The normalized spacial score (nSPS) is 9.80. The summed E-state index contributed by atoms with van der Waals surface area (Å²) >= 11 is 0. The molecular weight excluding hydrogens is 126 g/mol. The number of anilines is 1. The van der Waals surface area contributed by atoms with E-state index < -0.39 is 0 Å². The van der Waals surface area contributed by atoms with Gasteiger partial charge in [-0.15, -0.1) is 0 Å². The molecule has 10 heavy (non-hydrogen) atoms. The molecule has 1 heterocycles. The Morgan fingerprint density at radius 2 is 2.50 bits per heavy atom. The number of nitrogens with one attached hydrogen (secondary N) is 1. The monoisotopic (exact) mass is 139 g/mol. The summed E-state index contributed by atoms with van der Waals surface area (Å²) in [5.41, 5.74) is 0. The van der Waals surface area contributed by atoms with Crippen LogP contribution in [-0.4, -0.2) is 23.6 Å². The highest BCUT2D eigenvalue weighted by Gasteiger charge is 1.98. The third-order valence-electron chi connectivity index (χ3n) is 1.40. The van der Waals surface area contributed by atoms with E-state index in [1.54, 1.807) is 6.20 Å². The Balaban J connectivity index is 2.50. The van der Waals surface area contributed by atoms with Crippen LogP contribution in [0.5, 0.6) is 0 Å². The van der Waals surface area contributed by atoms with Crippen molar-refractivity contribution in [3.05, 3.63) is 12.4 Å². The number of hydrogen-bond donors (Lipinski definition) is 1. The van der Waals surface area contributed by atoms with Crippen LogP contribution in [0.1, 0.15) is 13.3 Å². The van der Waals surface area contributed by atoms with E-state index in [9.17, 15) is 0 Å². The lowest BCUT2D eigenvalue weighted by Crippen LogP contribution is -2.18. The molecule has 0 aliphatic carbocycles. The lowest BCUT2D eigenvalue weighted by molar-refractivity contribution is 0.827. The number of aromatic amines is 1. The summed E-state index contributed by atoms with van der Waals surface area (Å²) in [6, 6.07) is 0. The number of H-pyrrole nitrogens is 1. The smallest absolute Gasteiger partial charge is 0.202 e. The van der Waals surface area contributed by atoms with E-state index in [4.69, 9.17) is 0 Å². The molecule has 0 fully saturated rings. The van der Waals surface area contributed by atoms with Crippen LogP contribution in [-0.2, 0) is 0 Å². The standard InChI is InChI=1S/C7H13N3/c1-3-6-10(2)7-8-4-5-9-7/h4-5H,3,6H2,1-2H3,(H,8,9). The molecule has 0 saturated heterocycles. The van der Waals surface area contributed by atoms with Crippen LogP contribution in [0.2, 0.25) is 0 Å². The number of imidazole rings is 1. The Hall–Kier alpha value is -0.990. The van der Waals surface area contributed by atoms with Gasteiger partial charge in [0.15, 0.2) is 0 Å². The molecule has 0 saturated carbocycles. The largest absolute Gasteiger partial charge is 0.346 e. The van der Waals surface area contributed by atoms with E-state index in [1.165, 1.54) is 0 Å². The van der Waals surface area contributed by atoms with Crippen molar-refractivity contribution in [3.63, 3.8) is 0 Å². The second kappa shape index (κ2) is 3.25. The molecule has 1 aromatic rings. The molecule has 0 bridgehead atoms. The summed E-state index contributed by atoms with van der Waals surface area (Å²) in [5, 5.41) is 0. The van der Waals surface area contributed by atoms with E-state index >= 15 is 0 Å². The van der Waals surface area contributed by atoms with Crippen LogP contribution < -0.4 is 4.90 Å². The molecule has 56 valence electrons. The number of aromatic nitrogens is 2. The topological polar surface area (TPSA) is 31.9 Å². The lowest BCUT2D eigenvalue weighted by atomic mass is 10.4. The predicted octanol–water partition coefficient (Wildman–Crippen LogP) is 1.26. The van der Waals surface area contributed by atoms with Crippen LogP contribution in [0, 0.1) is 0 Å². The Labute approximate surface area is 61.1 Å². The van der Waals surface area contributed by atoms with Crippen molar-refractivity contribution in [1.82, 2.24) is 9.97 Å². The predicted molar refractivity (Wildman–Crippen MR) is 42.1 cm³/mol. The molecule has 1 N–H and O–H groups in total. The van der Waals surface area contributed by atoms with Crippen molar-refractivity contribution in [1.29, 1.82) is 0 Å². The van der Waals surface area contributed by atoms with Gasteiger partial charge in [-0.3, -0.25) is 0 Å². The average Bonchev–Trinajstić information content (AvgIpc) is 2.38. The average molecular weight is 139 g/mol. The van der Waals surface area contributed by atoms with Gasteiger partial charge in [-0.25, -0.2) is 4.98 Å². The molecule has 1 aromatic heterocycles. The molecule has 0 spiro atoms. The second-order valence-corrected chi connectivity index (χ2v) is 2.33. The van der Waals surface area contributed by atoms with Crippen molar-refractivity contribution in [2.24, 2.45) is 0 Å². The Bertz CT molecular complexity index is 169. The van der Waals surface area contributed by atoms with Crippen LogP contribution in [0.3, 0.4) is 0 Å². The maximum atomic E-state index is 4.11. The third kappa shape index (κ3) is 1.50. The van der Waals surface area contributed by atoms with Gasteiger partial charge < -0.3 is 9.88 Å². The number of nitrogens with zero attached hydrogens (tertiary/aromatic N) is 2. The van der Waals surface area contributed by atoms with Crippen LogP contribution in [0.25, 0.3) is 0 Å². The molecule has 3 nitrogen and oxygen atoms in total. The summed E-state index contributed by atoms with van der Waals surface area (Å²) < 4.78 is 0. The van der Waals surface area contributed by atoms with Gasteiger partial charge in [-0.1, -0.05) is 6.92 Å². The van der Waals surface area contributed by atoms with Gasteiger partial charge in [0.1, 0.15) is 0 Å². The van der Waals surface area contributed by atoms with E-state index in [2.05, 4.69) is 21.8 Å². The molecule has 0 unspecified atom stereocenters. The minimum Gasteiger partial charge on any atom is -0.346 e. The summed E-state index contributed by atoms with van der Waals surface area (Å²) in [5.74, 6) is 0.946. The molecule has 0 aliphatic rings. The van der Waals surface area contributed by atoms with Gasteiger partial charge in [-0.2, -0.15) is 0 Å². The van der Waals surface area contributed by atoms with E-state index in [0.29, 0.717) is 0 Å². The Morgan fingerprint density at radius 3 is 3.00 bits per heavy atom. The van der Waals surface area contributed by atoms with Gasteiger partial charge in [0.25, 0.3) is 0 Å². The molecule has 3 heteroatoms. The first kappa shape index (κ1) is 7.12. The van der Waals surface area contributed by atoms with Gasteiger partial charge in [-0.05, 0) is 6.42 Å². The maximum Gasteiger partial charge on any atom is 0.202 e. The first-order valence-electron chi connectivity index (χ1n) is 3.55. The second-order valence-electron chi connectivity index (χ2n) is 2.33. The Morgan fingerprint density at radius 1 is 1.70 bits per heavy atom. The van der Waals surface area contributed by atoms with Crippen LogP contribution >= 0.6 is 0 Å². The van der Waals surface area contributed by atoms with E-state index in [-0.39, 0.29) is 0 Å². The summed E-state index contributed by atoms with van der Waals surface area (Å²) in [7, 11) is 2.03. The molecule has 1 rings (SSSR count). The third-order valence-corrected chi connectivity index (χ3v) is 1.40. The van der Waals surface area contributed by atoms with Crippen molar-refractivity contribution < 1.29 is 0 Å². The summed E-state index contributed by atoms with van der Waals surface area (Å²) in [6.45, 7) is 3.20. The fraction of sp³-hybridized carbons (Fsp3) is 0.571. The van der Waals surface area contributed by atoms with Crippen molar-refractivity contribution in [2.75, 3.05) is 18.5 Å². The molecule has 0 radical (unpaired) electrons. The highest BCUT2D eigenvalue weighted by Crippen LogP contribution is 2.01. The fourth-order valence-electron chi connectivity index (χ4n) is 0.907. The molecular formula is C7H13N3. The number of rotatable bonds is 3. The zero-order valence-corrected chi connectivity index (χ0v) is 6.46. The quantitative estimate of drug-likeness (QED) is 0.683. The zero-order valence-electron chi connectivity index (χ0n) is 6.46. The summed E-state index contributed by atoms with van der Waals surface area (Å²) in [4.78, 5) is 9.24. The fourth-order valence-corrected chi connectivity index (χ4v) is 0.907. The Kier molecular flexibility index (Phi) is 2.31. The number of hydrogen-bond acceptors (Lipinski definition) is 2. The maximum absolute atomic E-state index is 4.11. The zero-order chi connectivity index (χ0) is 7.40. The lowest BCUT2D eigenvalue weighted by Gasteiger charge is -2.13.